The summed E-state index contributed by atoms with van der Waals surface area (Å²) in [6.45, 7) is -0.528. The van der Waals surface area contributed by atoms with Crippen molar-refractivity contribution >= 4 is 23.5 Å². The van der Waals surface area contributed by atoms with Gasteiger partial charge in [0.15, 0.2) is 13.2 Å². The summed E-state index contributed by atoms with van der Waals surface area (Å²) in [4.78, 5) is 23.1. The van der Waals surface area contributed by atoms with Gasteiger partial charge in [0.25, 0.3) is 5.91 Å². The lowest BCUT2D eigenvalue weighted by atomic mass is 10.2. The highest BCUT2D eigenvalue weighted by Crippen LogP contribution is 2.11. The third kappa shape index (κ3) is 6.26. The molecule has 1 N–H and O–H groups in total. The van der Waals surface area contributed by atoms with Crippen LogP contribution >= 0.6 is 11.6 Å². The van der Waals surface area contributed by atoms with Crippen LogP contribution in [-0.2, 0) is 20.9 Å². The molecule has 0 saturated heterocycles. The van der Waals surface area contributed by atoms with Crippen molar-refractivity contribution in [2.45, 2.75) is 6.54 Å². The van der Waals surface area contributed by atoms with Crippen LogP contribution in [0.4, 0.5) is 4.39 Å². The largest absolute Gasteiger partial charge is 0.482 e. The Morgan fingerprint density at radius 3 is 2.54 bits per heavy atom. The van der Waals surface area contributed by atoms with Crippen LogP contribution in [0.5, 0.6) is 5.75 Å². The van der Waals surface area contributed by atoms with E-state index in [9.17, 15) is 14.0 Å². The van der Waals surface area contributed by atoms with Gasteiger partial charge in [0.2, 0.25) is 0 Å². The van der Waals surface area contributed by atoms with E-state index < -0.39 is 30.9 Å². The minimum Gasteiger partial charge on any atom is -0.482 e. The SMILES string of the molecule is O=C(COC(=O)COc1cccc(F)c1)NCc1ccc(Cl)cc1. The van der Waals surface area contributed by atoms with Gasteiger partial charge in [-0.1, -0.05) is 29.8 Å². The molecule has 0 atom stereocenters. The summed E-state index contributed by atoms with van der Waals surface area (Å²) in [5.41, 5.74) is 0.869. The van der Waals surface area contributed by atoms with Crippen molar-refractivity contribution in [3.8, 4) is 5.75 Å². The third-order valence-corrected chi connectivity index (χ3v) is 3.17. The van der Waals surface area contributed by atoms with E-state index in [0.717, 1.165) is 11.6 Å². The first kappa shape index (κ1) is 17.7. The van der Waals surface area contributed by atoms with Gasteiger partial charge in [-0.15, -0.1) is 0 Å². The molecule has 0 bridgehead atoms. The minimum absolute atomic E-state index is 0.208. The Hall–Kier alpha value is -2.60. The molecule has 0 aliphatic heterocycles. The van der Waals surface area contributed by atoms with E-state index in [2.05, 4.69) is 5.32 Å². The summed E-state index contributed by atoms with van der Waals surface area (Å²) in [5, 5.41) is 3.21. The number of nitrogens with one attached hydrogen (secondary N) is 1. The molecule has 24 heavy (non-hydrogen) atoms. The zero-order chi connectivity index (χ0) is 17.4. The number of halogens is 2. The lowest BCUT2D eigenvalue weighted by Crippen LogP contribution is -2.29. The molecule has 5 nitrogen and oxygen atoms in total. The molecule has 0 radical (unpaired) electrons. The predicted molar refractivity (Wildman–Crippen MR) is 86.2 cm³/mol. The highest BCUT2D eigenvalue weighted by atomic mass is 35.5. The molecule has 2 aromatic rings. The van der Waals surface area contributed by atoms with Crippen molar-refractivity contribution in [1.82, 2.24) is 5.32 Å². The van der Waals surface area contributed by atoms with Gasteiger partial charge >= 0.3 is 5.97 Å². The summed E-state index contributed by atoms with van der Waals surface area (Å²) in [6.07, 6.45) is 0. The van der Waals surface area contributed by atoms with Gasteiger partial charge in [0.1, 0.15) is 11.6 Å². The number of hydrogen-bond acceptors (Lipinski definition) is 4. The van der Waals surface area contributed by atoms with E-state index in [-0.39, 0.29) is 5.75 Å². The topological polar surface area (TPSA) is 64.6 Å². The van der Waals surface area contributed by atoms with Crippen molar-refractivity contribution < 1.29 is 23.5 Å². The van der Waals surface area contributed by atoms with Crippen LogP contribution in [0.15, 0.2) is 48.5 Å². The summed E-state index contributed by atoms with van der Waals surface area (Å²) >= 11 is 5.76. The lowest BCUT2D eigenvalue weighted by Gasteiger charge is -2.08. The van der Waals surface area contributed by atoms with Gasteiger partial charge < -0.3 is 14.8 Å². The number of ether oxygens (including phenoxy) is 2. The fraction of sp³-hybridized carbons (Fsp3) is 0.176. The van der Waals surface area contributed by atoms with Crippen LogP contribution in [0.2, 0.25) is 5.02 Å². The molecule has 0 heterocycles. The standard InChI is InChI=1S/C17H15ClFNO4/c18-13-6-4-12(5-7-13)9-20-16(21)10-24-17(22)11-23-15-3-1-2-14(19)8-15/h1-8H,9-11H2,(H,20,21). The molecule has 0 aromatic heterocycles. The van der Waals surface area contributed by atoms with Crippen molar-refractivity contribution in [2.24, 2.45) is 0 Å². The molecule has 1 amide bonds. The van der Waals surface area contributed by atoms with Crippen molar-refractivity contribution in [3.63, 3.8) is 0 Å². The van der Waals surface area contributed by atoms with Gasteiger partial charge in [-0.3, -0.25) is 4.79 Å². The smallest absolute Gasteiger partial charge is 0.344 e. The molecular weight excluding hydrogens is 337 g/mol. The number of esters is 1. The Balaban J connectivity index is 1.65. The second kappa shape index (κ2) is 8.88. The molecule has 126 valence electrons. The molecule has 7 heteroatoms. The molecular formula is C17H15ClFNO4. The third-order valence-electron chi connectivity index (χ3n) is 2.92. The fourth-order valence-electron chi connectivity index (χ4n) is 1.74. The minimum atomic E-state index is -0.721. The fourth-order valence-corrected chi connectivity index (χ4v) is 1.87. The van der Waals surface area contributed by atoms with E-state index in [1.807, 2.05) is 0 Å². The first-order chi connectivity index (χ1) is 11.5. The maximum absolute atomic E-state index is 12.9. The van der Waals surface area contributed by atoms with Gasteiger partial charge in [0.05, 0.1) is 0 Å². The Morgan fingerprint density at radius 1 is 1.08 bits per heavy atom. The molecule has 0 spiro atoms. The second-order valence-electron chi connectivity index (χ2n) is 4.81. The molecule has 2 aromatic carbocycles. The summed E-state index contributed by atoms with van der Waals surface area (Å²) in [5.74, 6) is -1.42. The Bertz CT molecular complexity index is 706. The number of rotatable bonds is 7. The van der Waals surface area contributed by atoms with Gasteiger partial charge in [0, 0.05) is 17.6 Å². The number of carbonyl (C=O) groups excluding carboxylic acids is 2. The highest BCUT2D eigenvalue weighted by Gasteiger charge is 2.08. The van der Waals surface area contributed by atoms with E-state index in [1.54, 1.807) is 24.3 Å². The maximum Gasteiger partial charge on any atom is 0.344 e. The van der Waals surface area contributed by atoms with Crippen LogP contribution in [0.3, 0.4) is 0 Å². The molecule has 0 aliphatic carbocycles. The normalized spacial score (nSPS) is 10.1. The second-order valence-corrected chi connectivity index (χ2v) is 5.25. The Labute approximate surface area is 143 Å². The molecule has 0 saturated carbocycles. The van der Waals surface area contributed by atoms with Crippen molar-refractivity contribution in [2.75, 3.05) is 13.2 Å². The van der Waals surface area contributed by atoms with Crippen LogP contribution in [0, 0.1) is 5.82 Å². The van der Waals surface area contributed by atoms with Crippen LogP contribution in [0.1, 0.15) is 5.56 Å². The monoisotopic (exact) mass is 351 g/mol. The Kier molecular flexibility index (Phi) is 6.57. The number of carbonyl (C=O) groups is 2. The average molecular weight is 352 g/mol. The van der Waals surface area contributed by atoms with Gasteiger partial charge in [-0.05, 0) is 29.8 Å². The van der Waals surface area contributed by atoms with Crippen molar-refractivity contribution in [1.29, 1.82) is 0 Å². The molecule has 0 unspecified atom stereocenters. The molecule has 0 aliphatic rings. The van der Waals surface area contributed by atoms with E-state index in [4.69, 9.17) is 21.1 Å². The maximum atomic E-state index is 12.9. The van der Waals surface area contributed by atoms with Crippen LogP contribution < -0.4 is 10.1 Å². The number of hydrogen-bond donors (Lipinski definition) is 1. The Morgan fingerprint density at radius 2 is 1.83 bits per heavy atom. The summed E-state index contributed by atoms with van der Waals surface area (Å²) < 4.78 is 22.8. The van der Waals surface area contributed by atoms with Gasteiger partial charge in [-0.2, -0.15) is 0 Å². The lowest BCUT2D eigenvalue weighted by molar-refractivity contribution is -0.150. The quantitative estimate of drug-likeness (QED) is 0.779. The molecule has 0 fully saturated rings. The zero-order valence-corrected chi connectivity index (χ0v) is 13.4. The molecule has 2 rings (SSSR count). The zero-order valence-electron chi connectivity index (χ0n) is 12.6. The first-order valence-electron chi connectivity index (χ1n) is 7.08. The van der Waals surface area contributed by atoms with Crippen LogP contribution in [-0.4, -0.2) is 25.1 Å². The summed E-state index contributed by atoms with van der Waals surface area (Å²) in [7, 11) is 0. The predicted octanol–water partition coefficient (Wildman–Crippen LogP) is 2.72. The van der Waals surface area contributed by atoms with Gasteiger partial charge in [-0.25, -0.2) is 9.18 Å². The highest BCUT2D eigenvalue weighted by molar-refractivity contribution is 6.30. The van der Waals surface area contributed by atoms with E-state index in [1.165, 1.54) is 18.2 Å². The average Bonchev–Trinajstić information content (AvgIpc) is 2.57. The van der Waals surface area contributed by atoms with Crippen molar-refractivity contribution in [3.05, 3.63) is 64.9 Å². The summed E-state index contributed by atoms with van der Waals surface area (Å²) in [6, 6.07) is 12.4. The number of amides is 1. The van der Waals surface area contributed by atoms with Crippen LogP contribution in [0.25, 0.3) is 0 Å². The van der Waals surface area contributed by atoms with E-state index >= 15 is 0 Å². The first-order valence-corrected chi connectivity index (χ1v) is 7.46. The van der Waals surface area contributed by atoms with E-state index in [0.29, 0.717) is 11.6 Å². The number of benzene rings is 2.